The largest absolute Gasteiger partial charge is 0.477 e. The Kier molecular flexibility index (Phi) is 4.86. The monoisotopic (exact) mass is 431 g/mol. The van der Waals surface area contributed by atoms with E-state index in [0.29, 0.717) is 17.6 Å². The molecule has 7 nitrogen and oxygen atoms in total. The molecule has 1 N–H and O–H groups in total. The summed E-state index contributed by atoms with van der Waals surface area (Å²) in [6.45, 7) is 4.26. The second-order valence-electron chi connectivity index (χ2n) is 9.45. The number of aromatic nitrogens is 3. The van der Waals surface area contributed by atoms with Crippen LogP contribution in [0.4, 0.5) is 5.69 Å². The molecule has 166 valence electrons. The van der Waals surface area contributed by atoms with E-state index >= 15 is 0 Å². The molecule has 0 spiro atoms. The first-order chi connectivity index (χ1) is 15.7. The van der Waals surface area contributed by atoms with Crippen LogP contribution in [0.3, 0.4) is 0 Å². The lowest BCUT2D eigenvalue weighted by Gasteiger charge is -2.48. The van der Waals surface area contributed by atoms with E-state index in [-0.39, 0.29) is 5.69 Å². The summed E-state index contributed by atoms with van der Waals surface area (Å²) in [4.78, 5) is 21.5. The average molecular weight is 432 g/mol. The second-order valence-corrected chi connectivity index (χ2v) is 9.45. The molecule has 4 heterocycles. The quantitative estimate of drug-likeness (QED) is 0.657. The summed E-state index contributed by atoms with van der Waals surface area (Å²) in [6.07, 6.45) is 7.41. The number of aromatic carboxylic acids is 1. The van der Waals surface area contributed by atoms with Crippen molar-refractivity contribution in [1.29, 1.82) is 0 Å². The minimum absolute atomic E-state index is 0.0890. The van der Waals surface area contributed by atoms with Crippen molar-refractivity contribution < 1.29 is 9.90 Å². The molecule has 0 radical (unpaired) electrons. The van der Waals surface area contributed by atoms with E-state index < -0.39 is 5.97 Å². The first-order valence-electron chi connectivity index (χ1n) is 11.9. The van der Waals surface area contributed by atoms with E-state index in [9.17, 15) is 9.90 Å². The van der Waals surface area contributed by atoms with Gasteiger partial charge in [0.15, 0.2) is 11.3 Å². The molecule has 3 aliphatic rings. The molecule has 3 aromatic rings. The van der Waals surface area contributed by atoms with Crippen LogP contribution in [0.2, 0.25) is 0 Å². The fourth-order valence-electron chi connectivity index (χ4n) is 5.36. The molecule has 0 atom stereocenters. The normalized spacial score (nSPS) is 20.3. The van der Waals surface area contributed by atoms with Crippen LogP contribution in [-0.2, 0) is 0 Å². The molecule has 3 fully saturated rings. The Morgan fingerprint density at radius 1 is 1.00 bits per heavy atom. The summed E-state index contributed by atoms with van der Waals surface area (Å²) in [5.74, 6) is -0.565. The lowest BCUT2D eigenvalue weighted by atomic mass is 9.81. The van der Waals surface area contributed by atoms with Gasteiger partial charge in [-0.1, -0.05) is 31.0 Å². The van der Waals surface area contributed by atoms with Gasteiger partial charge in [0, 0.05) is 25.0 Å². The Hall–Kier alpha value is -2.93. The molecular weight excluding hydrogens is 402 g/mol. The van der Waals surface area contributed by atoms with Crippen LogP contribution >= 0.6 is 0 Å². The maximum absolute atomic E-state index is 12.0. The van der Waals surface area contributed by atoms with E-state index in [2.05, 4.69) is 14.8 Å². The zero-order chi connectivity index (χ0) is 21.7. The van der Waals surface area contributed by atoms with Gasteiger partial charge in [0.25, 0.3) is 0 Å². The summed E-state index contributed by atoms with van der Waals surface area (Å²) in [5.41, 5.74) is 3.74. The lowest BCUT2D eigenvalue weighted by Crippen LogP contribution is -2.60. The predicted molar refractivity (Wildman–Crippen MR) is 124 cm³/mol. The van der Waals surface area contributed by atoms with E-state index in [1.54, 1.807) is 6.07 Å². The number of anilines is 1. The van der Waals surface area contributed by atoms with Gasteiger partial charge in [0.1, 0.15) is 0 Å². The highest BCUT2D eigenvalue weighted by atomic mass is 16.4. The zero-order valence-electron chi connectivity index (χ0n) is 18.3. The molecule has 2 aromatic heterocycles. The Balaban J connectivity index is 1.45. The van der Waals surface area contributed by atoms with Crippen LogP contribution in [0.25, 0.3) is 16.7 Å². The van der Waals surface area contributed by atoms with Gasteiger partial charge in [-0.15, -0.1) is 0 Å². The van der Waals surface area contributed by atoms with Gasteiger partial charge in [-0.25, -0.2) is 14.5 Å². The van der Waals surface area contributed by atoms with E-state index in [1.165, 1.54) is 38.8 Å². The third-order valence-electron chi connectivity index (χ3n) is 7.47. The molecule has 0 amide bonds. The van der Waals surface area contributed by atoms with Crippen molar-refractivity contribution in [3.05, 3.63) is 47.8 Å². The number of piperidine rings is 1. The molecule has 6 rings (SSSR count). The van der Waals surface area contributed by atoms with Crippen LogP contribution in [0.1, 0.15) is 60.6 Å². The number of likely N-dealkylation sites (tertiary alicyclic amines) is 1. The predicted octanol–water partition coefficient (Wildman–Crippen LogP) is 4.06. The Morgan fingerprint density at radius 2 is 1.75 bits per heavy atom. The van der Waals surface area contributed by atoms with Crippen LogP contribution in [-0.4, -0.2) is 63.0 Å². The summed E-state index contributed by atoms with van der Waals surface area (Å²) < 4.78 is 1.85. The number of hydrogen-bond donors (Lipinski definition) is 1. The van der Waals surface area contributed by atoms with E-state index in [4.69, 9.17) is 5.10 Å². The first kappa shape index (κ1) is 19.7. The van der Waals surface area contributed by atoms with Crippen LogP contribution in [0.5, 0.6) is 0 Å². The number of benzene rings is 1. The number of para-hydroxylation sites is 1. The van der Waals surface area contributed by atoms with E-state index in [0.717, 1.165) is 48.4 Å². The maximum Gasteiger partial charge on any atom is 0.354 e. The Bertz CT molecular complexity index is 1140. The Labute approximate surface area is 187 Å². The number of carboxylic acid groups (broad SMARTS) is 1. The summed E-state index contributed by atoms with van der Waals surface area (Å²) >= 11 is 0. The number of nitrogens with zero attached hydrogens (tertiary/aromatic N) is 5. The molecule has 0 bridgehead atoms. The average Bonchev–Trinajstić information content (AvgIpc) is 3.12. The number of carboxylic acids is 1. The van der Waals surface area contributed by atoms with Gasteiger partial charge >= 0.3 is 5.97 Å². The zero-order valence-corrected chi connectivity index (χ0v) is 18.3. The molecule has 1 aliphatic carbocycles. The fraction of sp³-hybridized carbons (Fsp3) is 0.480. The molecular formula is C25H29N5O2. The van der Waals surface area contributed by atoms with Crippen molar-refractivity contribution in [2.24, 2.45) is 0 Å². The molecule has 7 heteroatoms. The highest BCUT2D eigenvalue weighted by molar-refractivity contribution is 5.99. The molecule has 2 saturated heterocycles. The topological polar surface area (TPSA) is 74.5 Å². The van der Waals surface area contributed by atoms with Crippen molar-refractivity contribution in [3.63, 3.8) is 0 Å². The van der Waals surface area contributed by atoms with E-state index in [1.807, 2.05) is 35.0 Å². The first-order valence-corrected chi connectivity index (χ1v) is 11.9. The third-order valence-corrected chi connectivity index (χ3v) is 7.47. The highest BCUT2D eigenvalue weighted by Gasteiger charge is 2.36. The number of rotatable bonds is 5. The van der Waals surface area contributed by atoms with Gasteiger partial charge in [-0.3, -0.25) is 4.90 Å². The summed E-state index contributed by atoms with van der Waals surface area (Å²) in [6, 6.07) is 12.3. The minimum atomic E-state index is -0.993. The van der Waals surface area contributed by atoms with Gasteiger partial charge < -0.3 is 10.0 Å². The SMILES string of the molecule is O=C(O)c1cc(N2CC(N3CCCCC3)C2)c2c(C3CCC3)nn(-c3ccccc3)c2n1. The van der Waals surface area contributed by atoms with Gasteiger partial charge in [0.2, 0.25) is 0 Å². The van der Waals surface area contributed by atoms with Gasteiger partial charge in [0.05, 0.1) is 22.5 Å². The third kappa shape index (κ3) is 3.26. The second kappa shape index (κ2) is 7.89. The number of hydrogen-bond acceptors (Lipinski definition) is 5. The molecule has 32 heavy (non-hydrogen) atoms. The highest BCUT2D eigenvalue weighted by Crippen LogP contribution is 2.43. The Morgan fingerprint density at radius 3 is 2.41 bits per heavy atom. The van der Waals surface area contributed by atoms with Gasteiger partial charge in [-0.05, 0) is 57.0 Å². The summed E-state index contributed by atoms with van der Waals surface area (Å²) in [7, 11) is 0. The van der Waals surface area contributed by atoms with Crippen LogP contribution in [0, 0.1) is 0 Å². The smallest absolute Gasteiger partial charge is 0.354 e. The van der Waals surface area contributed by atoms with Crippen molar-refractivity contribution in [2.75, 3.05) is 31.1 Å². The molecule has 0 unspecified atom stereocenters. The van der Waals surface area contributed by atoms with Crippen molar-refractivity contribution in [1.82, 2.24) is 19.7 Å². The number of fused-ring (bicyclic) bond motifs is 1. The molecule has 1 saturated carbocycles. The standard InChI is InChI=1S/C25H29N5O2/c31-25(32)20-14-21(29-15-19(16-29)28-12-5-2-6-13-28)22-23(17-8-7-9-17)27-30(24(22)26-20)18-10-3-1-4-11-18/h1,3-4,10-11,14,17,19H,2,5-9,12-13,15-16H2,(H,31,32). The number of carbonyl (C=O) groups is 1. The maximum atomic E-state index is 12.0. The minimum Gasteiger partial charge on any atom is -0.477 e. The van der Waals surface area contributed by atoms with Crippen LogP contribution < -0.4 is 4.90 Å². The van der Waals surface area contributed by atoms with Crippen molar-refractivity contribution in [3.8, 4) is 5.69 Å². The molecule has 1 aromatic carbocycles. The lowest BCUT2D eigenvalue weighted by molar-refractivity contribution is 0.0691. The fourth-order valence-corrected chi connectivity index (χ4v) is 5.36. The van der Waals surface area contributed by atoms with Crippen LogP contribution in [0.15, 0.2) is 36.4 Å². The van der Waals surface area contributed by atoms with Crippen molar-refractivity contribution in [2.45, 2.75) is 50.5 Å². The number of pyridine rings is 1. The summed E-state index contributed by atoms with van der Waals surface area (Å²) in [5, 5.41) is 15.9. The molecule has 2 aliphatic heterocycles. The van der Waals surface area contributed by atoms with Gasteiger partial charge in [-0.2, -0.15) is 5.10 Å². The van der Waals surface area contributed by atoms with Crippen molar-refractivity contribution >= 4 is 22.7 Å².